The van der Waals surface area contributed by atoms with Gasteiger partial charge in [-0.05, 0) is 50.8 Å². The number of piperidine rings is 1. The van der Waals surface area contributed by atoms with Crippen molar-refractivity contribution in [1.29, 1.82) is 0 Å². The number of rotatable bonds is 5. The van der Waals surface area contributed by atoms with Crippen LogP contribution < -0.4 is 10.6 Å². The zero-order valence-electron chi connectivity index (χ0n) is 13.2. The summed E-state index contributed by atoms with van der Waals surface area (Å²) in [6, 6.07) is 2.91. The smallest absolute Gasteiger partial charge is 0.261 e. The summed E-state index contributed by atoms with van der Waals surface area (Å²) in [7, 11) is 0. The number of halogens is 1. The van der Waals surface area contributed by atoms with Crippen molar-refractivity contribution in [2.75, 3.05) is 6.54 Å². The third-order valence-corrected chi connectivity index (χ3v) is 5.17. The highest BCUT2D eigenvalue weighted by Gasteiger charge is 2.21. The predicted octanol–water partition coefficient (Wildman–Crippen LogP) is 3.56. The summed E-state index contributed by atoms with van der Waals surface area (Å²) in [5.41, 5.74) is 1.35. The van der Waals surface area contributed by atoms with Crippen LogP contribution in [0, 0.1) is 0 Å². The molecule has 2 heterocycles. The number of hydrogen-bond donors (Lipinski definition) is 2. The van der Waals surface area contributed by atoms with E-state index in [1.807, 2.05) is 0 Å². The van der Waals surface area contributed by atoms with E-state index in [0.29, 0.717) is 12.1 Å². The van der Waals surface area contributed by atoms with Gasteiger partial charge in [-0.2, -0.15) is 0 Å². The van der Waals surface area contributed by atoms with Crippen molar-refractivity contribution in [2.24, 2.45) is 0 Å². The number of hydrogen-bond acceptors (Lipinski definition) is 3. The van der Waals surface area contributed by atoms with Crippen LogP contribution in [0.25, 0.3) is 0 Å². The first-order chi connectivity index (χ1) is 9.63. The monoisotopic (exact) mass is 330 g/mol. The molecule has 0 aliphatic carbocycles. The fraction of sp³-hybridized carbons (Fsp3) is 0.688. The highest BCUT2D eigenvalue weighted by atomic mass is 35.5. The molecule has 0 saturated carbocycles. The van der Waals surface area contributed by atoms with Crippen molar-refractivity contribution in [3.05, 3.63) is 21.4 Å². The fourth-order valence-corrected chi connectivity index (χ4v) is 4.09. The molecule has 21 heavy (non-hydrogen) atoms. The molecule has 0 bridgehead atoms. The van der Waals surface area contributed by atoms with Crippen LogP contribution >= 0.6 is 23.7 Å². The van der Waals surface area contributed by atoms with E-state index in [1.54, 1.807) is 11.3 Å². The van der Waals surface area contributed by atoms with E-state index in [1.165, 1.54) is 10.4 Å². The lowest BCUT2D eigenvalue weighted by Gasteiger charge is -2.28. The standard InChI is InChI=1S/C16H26N2OS.ClH/c1-4-6-14-12(5-2)10-15(20-14)16(19)18-13-7-8-17-11(3)9-13;/h10-11,13,17H,4-9H2,1-3H3,(H,18,19);1H. The molecule has 1 amide bonds. The van der Waals surface area contributed by atoms with Crippen molar-refractivity contribution < 1.29 is 4.79 Å². The Kier molecular flexibility index (Phi) is 7.71. The molecule has 120 valence electrons. The summed E-state index contributed by atoms with van der Waals surface area (Å²) in [6.07, 6.45) is 5.30. The molecule has 1 aromatic heterocycles. The molecular weight excluding hydrogens is 304 g/mol. The Morgan fingerprint density at radius 3 is 2.86 bits per heavy atom. The normalized spacial score (nSPS) is 21.7. The van der Waals surface area contributed by atoms with Gasteiger partial charge in [-0.25, -0.2) is 0 Å². The Bertz CT molecular complexity index is 461. The summed E-state index contributed by atoms with van der Waals surface area (Å²) >= 11 is 1.68. The first kappa shape index (κ1) is 18.5. The highest BCUT2D eigenvalue weighted by Crippen LogP contribution is 2.25. The molecule has 5 heteroatoms. The number of thiophene rings is 1. The zero-order valence-corrected chi connectivity index (χ0v) is 14.8. The average Bonchev–Trinajstić information content (AvgIpc) is 2.82. The Morgan fingerprint density at radius 1 is 1.48 bits per heavy atom. The molecule has 1 aromatic rings. The minimum Gasteiger partial charge on any atom is -0.349 e. The van der Waals surface area contributed by atoms with Gasteiger partial charge in [0, 0.05) is 17.0 Å². The average molecular weight is 331 g/mol. The van der Waals surface area contributed by atoms with Crippen molar-refractivity contribution >= 4 is 29.7 Å². The Labute approximate surface area is 138 Å². The van der Waals surface area contributed by atoms with Gasteiger partial charge in [-0.3, -0.25) is 4.79 Å². The summed E-state index contributed by atoms with van der Waals surface area (Å²) in [5.74, 6) is 0.117. The summed E-state index contributed by atoms with van der Waals surface area (Å²) in [6.45, 7) is 7.53. The summed E-state index contributed by atoms with van der Waals surface area (Å²) in [4.78, 5) is 14.7. The van der Waals surface area contributed by atoms with Crippen molar-refractivity contribution in [3.8, 4) is 0 Å². The van der Waals surface area contributed by atoms with Gasteiger partial charge >= 0.3 is 0 Å². The third-order valence-electron chi connectivity index (χ3n) is 3.94. The largest absolute Gasteiger partial charge is 0.349 e. The molecule has 1 aliphatic rings. The quantitative estimate of drug-likeness (QED) is 0.866. The molecule has 2 unspecified atom stereocenters. The lowest BCUT2D eigenvalue weighted by atomic mass is 10.0. The minimum absolute atomic E-state index is 0. The van der Waals surface area contributed by atoms with Gasteiger partial charge < -0.3 is 10.6 Å². The first-order valence-corrected chi connectivity index (χ1v) is 8.61. The van der Waals surface area contributed by atoms with Gasteiger partial charge in [0.25, 0.3) is 5.91 Å². The van der Waals surface area contributed by atoms with E-state index < -0.39 is 0 Å². The molecule has 0 radical (unpaired) electrons. The maximum absolute atomic E-state index is 12.4. The molecule has 0 spiro atoms. The number of nitrogens with one attached hydrogen (secondary N) is 2. The molecule has 0 aromatic carbocycles. The molecule has 2 atom stereocenters. The lowest BCUT2D eigenvalue weighted by Crippen LogP contribution is -2.46. The molecule has 2 rings (SSSR count). The number of aryl methyl sites for hydroxylation is 2. The van der Waals surface area contributed by atoms with Gasteiger partial charge in [0.05, 0.1) is 4.88 Å². The van der Waals surface area contributed by atoms with Gasteiger partial charge in [0.2, 0.25) is 0 Å². The summed E-state index contributed by atoms with van der Waals surface area (Å²) < 4.78 is 0. The van der Waals surface area contributed by atoms with E-state index in [2.05, 4.69) is 37.5 Å². The van der Waals surface area contributed by atoms with Gasteiger partial charge in [-0.1, -0.05) is 20.3 Å². The molecule has 2 N–H and O–H groups in total. The van der Waals surface area contributed by atoms with Gasteiger partial charge in [-0.15, -0.1) is 23.7 Å². The van der Waals surface area contributed by atoms with E-state index in [4.69, 9.17) is 0 Å². The second kappa shape index (κ2) is 8.76. The van der Waals surface area contributed by atoms with Crippen molar-refractivity contribution in [2.45, 2.75) is 65.0 Å². The van der Waals surface area contributed by atoms with E-state index in [9.17, 15) is 4.79 Å². The minimum atomic E-state index is 0. The maximum Gasteiger partial charge on any atom is 0.261 e. The first-order valence-electron chi connectivity index (χ1n) is 7.79. The van der Waals surface area contributed by atoms with Crippen LogP contribution in [0.4, 0.5) is 0 Å². The second-order valence-corrected chi connectivity index (χ2v) is 6.85. The van der Waals surface area contributed by atoms with Gasteiger partial charge in [0.15, 0.2) is 0 Å². The Hall–Kier alpha value is -0.580. The van der Waals surface area contributed by atoms with Crippen LogP contribution in [0.5, 0.6) is 0 Å². The number of carbonyl (C=O) groups is 1. The van der Waals surface area contributed by atoms with Gasteiger partial charge in [0.1, 0.15) is 0 Å². The molecular formula is C16H27ClN2OS. The number of amides is 1. The zero-order chi connectivity index (χ0) is 14.5. The SMILES string of the molecule is CCCc1sc(C(=O)NC2CCNC(C)C2)cc1CC.Cl. The van der Waals surface area contributed by atoms with Crippen LogP contribution in [0.15, 0.2) is 6.07 Å². The van der Waals surface area contributed by atoms with Crippen LogP contribution in [-0.4, -0.2) is 24.5 Å². The number of carbonyl (C=O) groups excluding carboxylic acids is 1. The van der Waals surface area contributed by atoms with Crippen molar-refractivity contribution in [1.82, 2.24) is 10.6 Å². The molecule has 3 nitrogen and oxygen atoms in total. The predicted molar refractivity (Wildman–Crippen MR) is 92.9 cm³/mol. The van der Waals surface area contributed by atoms with E-state index in [-0.39, 0.29) is 18.3 Å². The van der Waals surface area contributed by atoms with Crippen LogP contribution in [0.2, 0.25) is 0 Å². The third kappa shape index (κ3) is 4.97. The molecule has 1 aliphatic heterocycles. The lowest BCUT2D eigenvalue weighted by molar-refractivity contribution is 0.0930. The van der Waals surface area contributed by atoms with E-state index >= 15 is 0 Å². The van der Waals surface area contributed by atoms with Crippen molar-refractivity contribution in [3.63, 3.8) is 0 Å². The Balaban J connectivity index is 0.00000220. The highest BCUT2D eigenvalue weighted by molar-refractivity contribution is 7.14. The molecule has 1 saturated heterocycles. The second-order valence-electron chi connectivity index (χ2n) is 5.71. The van der Waals surface area contributed by atoms with Crippen LogP contribution in [0.1, 0.15) is 60.1 Å². The Morgan fingerprint density at radius 2 is 2.24 bits per heavy atom. The van der Waals surface area contributed by atoms with Crippen LogP contribution in [0.3, 0.4) is 0 Å². The molecule has 1 fully saturated rings. The maximum atomic E-state index is 12.4. The topological polar surface area (TPSA) is 41.1 Å². The van der Waals surface area contributed by atoms with Crippen LogP contribution in [-0.2, 0) is 12.8 Å². The van der Waals surface area contributed by atoms with E-state index in [0.717, 1.165) is 43.5 Å². The fourth-order valence-electron chi connectivity index (χ4n) is 2.84. The summed E-state index contributed by atoms with van der Waals surface area (Å²) in [5, 5.41) is 6.62.